The van der Waals surface area contributed by atoms with E-state index in [1.807, 2.05) is 54.6 Å². The van der Waals surface area contributed by atoms with Gasteiger partial charge in [-0.3, -0.25) is 14.5 Å². The Morgan fingerprint density at radius 3 is 2.32 bits per heavy atom. The number of halogens is 1. The van der Waals surface area contributed by atoms with Crippen LogP contribution in [0, 0.1) is 0 Å². The third-order valence-electron chi connectivity index (χ3n) is 6.34. The van der Waals surface area contributed by atoms with Gasteiger partial charge in [-0.25, -0.2) is 0 Å². The van der Waals surface area contributed by atoms with E-state index in [2.05, 4.69) is 15.9 Å². The van der Waals surface area contributed by atoms with Crippen LogP contribution in [0.5, 0.6) is 17.2 Å². The van der Waals surface area contributed by atoms with Crippen molar-refractivity contribution in [3.63, 3.8) is 0 Å². The van der Waals surface area contributed by atoms with Crippen LogP contribution in [0.15, 0.2) is 111 Å². The minimum atomic E-state index is -0.713. The van der Waals surface area contributed by atoms with Crippen molar-refractivity contribution in [2.45, 2.75) is 6.04 Å². The third-order valence-corrected chi connectivity index (χ3v) is 6.83. The van der Waals surface area contributed by atoms with Gasteiger partial charge in [-0.2, -0.15) is 0 Å². The number of nitrogens with zero attached hydrogens (tertiary/aromatic N) is 1. The van der Waals surface area contributed by atoms with Crippen LogP contribution < -0.4 is 19.8 Å². The molecule has 1 aliphatic heterocycles. The quantitative estimate of drug-likeness (QED) is 0.232. The minimum absolute atomic E-state index is 0.0371. The molecule has 0 saturated heterocycles. The summed E-state index contributed by atoms with van der Waals surface area (Å²) < 4.78 is 18.2. The first-order chi connectivity index (χ1) is 18.0. The normalized spacial score (nSPS) is 14.6. The van der Waals surface area contributed by atoms with Gasteiger partial charge in [0.05, 0.1) is 24.1 Å². The van der Waals surface area contributed by atoms with Crippen LogP contribution in [-0.4, -0.2) is 13.0 Å². The number of methoxy groups -OCH3 is 1. The van der Waals surface area contributed by atoms with Gasteiger partial charge < -0.3 is 13.9 Å². The number of rotatable bonds is 5. The number of ether oxygens (including phenoxy) is 2. The van der Waals surface area contributed by atoms with Crippen LogP contribution in [0.3, 0.4) is 0 Å². The maximum atomic E-state index is 13.8. The molecule has 1 aliphatic rings. The lowest BCUT2D eigenvalue weighted by Crippen LogP contribution is -2.29. The summed E-state index contributed by atoms with van der Waals surface area (Å²) in [6.07, 6.45) is 0. The molecule has 1 unspecified atom stereocenters. The van der Waals surface area contributed by atoms with Crippen LogP contribution in [-0.2, 0) is 0 Å². The maximum Gasteiger partial charge on any atom is 0.295 e. The molecular weight excluding hydrogens is 534 g/mol. The average Bonchev–Trinajstić information content (AvgIpc) is 3.22. The highest BCUT2D eigenvalue weighted by Crippen LogP contribution is 2.42. The summed E-state index contributed by atoms with van der Waals surface area (Å²) in [6.45, 7) is 0. The van der Waals surface area contributed by atoms with Crippen molar-refractivity contribution in [2.24, 2.45) is 0 Å². The third kappa shape index (κ3) is 4.07. The highest BCUT2D eigenvalue weighted by Gasteiger charge is 2.43. The Bertz CT molecular complexity index is 1700. The Labute approximate surface area is 220 Å². The van der Waals surface area contributed by atoms with E-state index in [-0.39, 0.29) is 17.1 Å². The van der Waals surface area contributed by atoms with Crippen molar-refractivity contribution < 1.29 is 18.7 Å². The molecule has 0 radical (unpaired) electrons. The summed E-state index contributed by atoms with van der Waals surface area (Å²) in [5.41, 5.74) is 1.74. The number of anilines is 1. The molecule has 4 aromatic carbocycles. The molecule has 0 N–H and O–H groups in total. The van der Waals surface area contributed by atoms with Gasteiger partial charge in [0.25, 0.3) is 5.91 Å². The van der Waals surface area contributed by atoms with Crippen LogP contribution in [0.2, 0.25) is 0 Å². The molecule has 2 heterocycles. The van der Waals surface area contributed by atoms with E-state index in [1.165, 1.54) is 0 Å². The molecule has 0 aliphatic carbocycles. The zero-order valence-corrected chi connectivity index (χ0v) is 21.3. The number of hydrogen-bond acceptors (Lipinski definition) is 5. The Balaban J connectivity index is 1.54. The SMILES string of the molecule is COc1ccc(N2C(=O)c3oc4ccc(Br)cc4c(=O)c3C2c2cccc(Oc3ccccc3)c2)cc1. The molecule has 6 rings (SSSR count). The van der Waals surface area contributed by atoms with Crippen molar-refractivity contribution in [3.05, 3.63) is 129 Å². The number of benzene rings is 4. The molecule has 6 nitrogen and oxygen atoms in total. The largest absolute Gasteiger partial charge is 0.497 e. The molecule has 0 spiro atoms. The van der Waals surface area contributed by atoms with Crippen molar-refractivity contribution in [3.8, 4) is 17.2 Å². The number of para-hydroxylation sites is 1. The molecule has 37 heavy (non-hydrogen) atoms. The number of carbonyl (C=O) groups excluding carboxylic acids is 1. The Morgan fingerprint density at radius 2 is 1.57 bits per heavy atom. The number of fused-ring (bicyclic) bond motifs is 2. The Kier molecular flexibility index (Phi) is 5.77. The molecular formula is C30H20BrNO5. The second-order valence-electron chi connectivity index (χ2n) is 8.58. The summed E-state index contributed by atoms with van der Waals surface area (Å²) >= 11 is 3.44. The van der Waals surface area contributed by atoms with Gasteiger partial charge in [0.15, 0.2) is 5.43 Å². The topological polar surface area (TPSA) is 69.0 Å². The highest BCUT2D eigenvalue weighted by molar-refractivity contribution is 9.10. The van der Waals surface area contributed by atoms with Gasteiger partial charge in [-0.1, -0.05) is 46.3 Å². The maximum absolute atomic E-state index is 13.8. The number of carbonyl (C=O) groups is 1. The fourth-order valence-electron chi connectivity index (χ4n) is 4.64. The molecule has 0 bridgehead atoms. The summed E-state index contributed by atoms with van der Waals surface area (Å²) in [7, 11) is 1.58. The first kappa shape index (κ1) is 23.1. The van der Waals surface area contributed by atoms with Crippen LogP contribution in [0.1, 0.15) is 27.7 Å². The molecule has 1 aromatic heterocycles. The van der Waals surface area contributed by atoms with Gasteiger partial charge >= 0.3 is 0 Å². The summed E-state index contributed by atoms with van der Waals surface area (Å²) in [5, 5.41) is 0.402. The van der Waals surface area contributed by atoms with Gasteiger partial charge in [0.1, 0.15) is 22.8 Å². The zero-order chi connectivity index (χ0) is 25.5. The predicted molar refractivity (Wildman–Crippen MR) is 145 cm³/mol. The second-order valence-corrected chi connectivity index (χ2v) is 9.49. The molecule has 0 fully saturated rings. The fraction of sp³-hybridized carbons (Fsp3) is 0.0667. The predicted octanol–water partition coefficient (Wildman–Crippen LogP) is 7.11. The highest BCUT2D eigenvalue weighted by atomic mass is 79.9. The van der Waals surface area contributed by atoms with E-state index in [0.717, 1.165) is 10.0 Å². The molecule has 5 aromatic rings. The second kappa shape index (κ2) is 9.26. The van der Waals surface area contributed by atoms with E-state index >= 15 is 0 Å². The lowest BCUT2D eigenvalue weighted by atomic mass is 9.98. The van der Waals surface area contributed by atoms with Gasteiger partial charge in [-0.05, 0) is 72.3 Å². The lowest BCUT2D eigenvalue weighted by molar-refractivity contribution is 0.0971. The Morgan fingerprint density at radius 1 is 0.811 bits per heavy atom. The molecule has 1 amide bonds. The van der Waals surface area contributed by atoms with Crippen molar-refractivity contribution in [1.29, 1.82) is 0 Å². The monoisotopic (exact) mass is 553 g/mol. The zero-order valence-electron chi connectivity index (χ0n) is 19.7. The van der Waals surface area contributed by atoms with E-state index < -0.39 is 6.04 Å². The van der Waals surface area contributed by atoms with Gasteiger partial charge in [-0.15, -0.1) is 0 Å². The van der Waals surface area contributed by atoms with E-state index in [9.17, 15) is 9.59 Å². The van der Waals surface area contributed by atoms with Gasteiger partial charge in [0.2, 0.25) is 5.76 Å². The number of hydrogen-bond donors (Lipinski definition) is 0. The molecule has 1 atom stereocenters. The Hall–Kier alpha value is -4.36. The standard InChI is InChI=1S/C30H20BrNO5/c1-35-21-13-11-20(12-14-21)32-27(18-6-5-9-23(16-18)36-22-7-3-2-4-8-22)26-28(33)24-17-19(31)10-15-25(24)37-29(26)30(32)34/h2-17,27H,1H3. The summed E-state index contributed by atoms with van der Waals surface area (Å²) in [5.74, 6) is 1.58. The van der Waals surface area contributed by atoms with Crippen molar-refractivity contribution in [2.75, 3.05) is 12.0 Å². The summed E-state index contributed by atoms with van der Waals surface area (Å²) in [4.78, 5) is 29.2. The van der Waals surface area contributed by atoms with Crippen molar-refractivity contribution >= 4 is 38.5 Å². The number of amides is 1. The molecule has 7 heteroatoms. The summed E-state index contributed by atoms with van der Waals surface area (Å²) in [6, 6.07) is 28.5. The van der Waals surface area contributed by atoms with E-state index in [0.29, 0.717) is 39.5 Å². The average molecular weight is 554 g/mol. The van der Waals surface area contributed by atoms with E-state index in [4.69, 9.17) is 13.9 Å². The molecule has 0 saturated carbocycles. The van der Waals surface area contributed by atoms with E-state index in [1.54, 1.807) is 54.5 Å². The smallest absolute Gasteiger partial charge is 0.295 e. The van der Waals surface area contributed by atoms with Crippen molar-refractivity contribution in [1.82, 2.24) is 0 Å². The minimum Gasteiger partial charge on any atom is -0.497 e. The first-order valence-electron chi connectivity index (χ1n) is 11.6. The van der Waals surface area contributed by atoms with Crippen LogP contribution >= 0.6 is 15.9 Å². The van der Waals surface area contributed by atoms with Gasteiger partial charge in [0, 0.05) is 10.2 Å². The first-order valence-corrected chi connectivity index (χ1v) is 12.4. The fourth-order valence-corrected chi connectivity index (χ4v) is 5.00. The lowest BCUT2D eigenvalue weighted by Gasteiger charge is -2.25. The van der Waals surface area contributed by atoms with Crippen LogP contribution in [0.25, 0.3) is 11.0 Å². The molecule has 182 valence electrons. The van der Waals surface area contributed by atoms with Crippen LogP contribution in [0.4, 0.5) is 5.69 Å².